The van der Waals surface area contributed by atoms with Crippen LogP contribution in [0.25, 0.3) is 0 Å². The van der Waals surface area contributed by atoms with Gasteiger partial charge < -0.3 is 19.7 Å². The van der Waals surface area contributed by atoms with Gasteiger partial charge in [-0.15, -0.1) is 0 Å². The molecule has 9 atom stereocenters. The Morgan fingerprint density at radius 1 is 1.08 bits per heavy atom. The van der Waals surface area contributed by atoms with Crippen molar-refractivity contribution in [3.8, 4) is 0 Å². The normalized spacial score (nSPS) is 49.4. The average Bonchev–Trinajstić information content (AvgIpc) is 3.64. The lowest BCUT2D eigenvalue weighted by atomic mass is 9.32. The number of β-amino-alcohol motifs (C(OH)–C–C–N with tert-alkyl or cyclic N) is 1. The zero-order valence-electron chi connectivity index (χ0n) is 22.9. The predicted octanol–water partition coefficient (Wildman–Crippen LogP) is 4.51. The van der Waals surface area contributed by atoms with E-state index in [4.69, 9.17) is 4.42 Å². The van der Waals surface area contributed by atoms with E-state index in [9.17, 15) is 20.1 Å². The summed E-state index contributed by atoms with van der Waals surface area (Å²) in [5.74, 6) is 0.759. The van der Waals surface area contributed by atoms with Crippen LogP contribution in [-0.2, 0) is 0 Å². The van der Waals surface area contributed by atoms with Gasteiger partial charge in [-0.05, 0) is 93.7 Å². The summed E-state index contributed by atoms with van der Waals surface area (Å²) < 4.78 is 5.66. The van der Waals surface area contributed by atoms with Crippen LogP contribution >= 0.6 is 0 Å². The van der Waals surface area contributed by atoms with Crippen LogP contribution in [0.5, 0.6) is 0 Å². The van der Waals surface area contributed by atoms with Crippen LogP contribution in [0.1, 0.15) is 82.2 Å². The number of nitrogens with zero attached hydrogens (tertiary/aromatic N) is 1. The maximum Gasteiger partial charge on any atom is 0.224 e. The van der Waals surface area contributed by atoms with Gasteiger partial charge in [-0.25, -0.2) is 0 Å². The van der Waals surface area contributed by atoms with Crippen molar-refractivity contribution in [3.63, 3.8) is 0 Å². The van der Waals surface area contributed by atoms with Crippen LogP contribution in [0, 0.1) is 33.5 Å². The molecule has 6 aliphatic carbocycles. The molecule has 0 aromatic carbocycles. The van der Waals surface area contributed by atoms with E-state index in [1.54, 1.807) is 18.4 Å². The third-order valence-electron chi connectivity index (χ3n) is 12.9. The van der Waals surface area contributed by atoms with E-state index in [-0.39, 0.29) is 52.6 Å². The van der Waals surface area contributed by atoms with Gasteiger partial charge in [0.15, 0.2) is 5.76 Å². The molecule has 1 unspecified atom stereocenters. The van der Waals surface area contributed by atoms with Gasteiger partial charge in [0, 0.05) is 34.4 Å². The number of Topliss-reactive ketones (excluding diaryl/α,β-unsaturated/α-hetero) is 1. The summed E-state index contributed by atoms with van der Waals surface area (Å²) in [4.78, 5) is 16.5. The summed E-state index contributed by atoms with van der Waals surface area (Å²) in [7, 11) is 0. The second-order valence-electron chi connectivity index (χ2n) is 14.1. The maximum atomic E-state index is 14.2. The van der Waals surface area contributed by atoms with E-state index in [1.807, 2.05) is 0 Å². The number of fused-ring (bicyclic) bond motifs is 1. The van der Waals surface area contributed by atoms with Crippen molar-refractivity contribution >= 4 is 5.78 Å². The first kappa shape index (κ1) is 25.3. The molecule has 1 aromatic heterocycles. The first-order chi connectivity index (χ1) is 18.1. The molecule has 4 fully saturated rings. The third-order valence-corrected chi connectivity index (χ3v) is 12.9. The summed E-state index contributed by atoms with van der Waals surface area (Å²) >= 11 is 0. The summed E-state index contributed by atoms with van der Waals surface area (Å²) in [5, 5.41) is 33.2. The monoisotopic (exact) mass is 521 g/mol. The van der Waals surface area contributed by atoms with E-state index >= 15 is 0 Å². The number of ketones is 1. The number of furan rings is 1. The molecular weight excluding hydrogens is 478 g/mol. The second-order valence-corrected chi connectivity index (χ2v) is 14.1. The number of aliphatic hydroxyl groups is 3. The van der Waals surface area contributed by atoms with Crippen LogP contribution < -0.4 is 0 Å². The smallest absolute Gasteiger partial charge is 0.224 e. The Morgan fingerprint density at radius 2 is 1.84 bits per heavy atom. The molecular formula is C32H43NO5. The molecule has 8 rings (SSSR count). The van der Waals surface area contributed by atoms with Gasteiger partial charge in [-0.1, -0.05) is 32.1 Å². The molecule has 1 aliphatic heterocycles. The Bertz CT molecular complexity index is 1190. The molecule has 2 bridgehead atoms. The van der Waals surface area contributed by atoms with Crippen molar-refractivity contribution in [2.24, 2.45) is 33.5 Å². The highest BCUT2D eigenvalue weighted by Crippen LogP contribution is 2.78. The van der Waals surface area contributed by atoms with Crippen LogP contribution in [-0.4, -0.2) is 63.4 Å². The molecule has 6 heteroatoms. The number of hydrogen-bond donors (Lipinski definition) is 3. The molecule has 7 aliphatic rings. The van der Waals surface area contributed by atoms with Gasteiger partial charge in [-0.2, -0.15) is 0 Å². The van der Waals surface area contributed by atoms with Crippen LogP contribution in [0.3, 0.4) is 0 Å². The molecule has 6 nitrogen and oxygen atoms in total. The lowest BCUT2D eigenvalue weighted by Gasteiger charge is -2.71. The Hall–Kier alpha value is -1.73. The Morgan fingerprint density at radius 3 is 2.61 bits per heavy atom. The van der Waals surface area contributed by atoms with Crippen LogP contribution in [0.15, 0.2) is 46.6 Å². The molecule has 0 radical (unpaired) electrons. The number of aliphatic hydroxyl groups excluding tert-OH is 2. The zero-order valence-corrected chi connectivity index (χ0v) is 22.9. The highest BCUT2D eigenvalue weighted by molar-refractivity contribution is 6.08. The minimum Gasteiger partial charge on any atom is -0.461 e. The first-order valence-electron chi connectivity index (χ1n) is 14.9. The van der Waals surface area contributed by atoms with Gasteiger partial charge >= 0.3 is 0 Å². The van der Waals surface area contributed by atoms with E-state index < -0.39 is 11.0 Å². The first-order valence-corrected chi connectivity index (χ1v) is 14.9. The highest BCUT2D eigenvalue weighted by atomic mass is 16.3. The number of hydrogen-bond acceptors (Lipinski definition) is 6. The van der Waals surface area contributed by atoms with E-state index in [2.05, 4.69) is 37.0 Å². The largest absolute Gasteiger partial charge is 0.461 e. The molecule has 0 amide bonds. The van der Waals surface area contributed by atoms with Crippen molar-refractivity contribution in [2.45, 2.75) is 89.4 Å². The van der Waals surface area contributed by atoms with Crippen molar-refractivity contribution in [1.82, 2.24) is 4.90 Å². The Labute approximate surface area is 225 Å². The maximum absolute atomic E-state index is 14.2. The van der Waals surface area contributed by atoms with Crippen LogP contribution in [0.2, 0.25) is 0 Å². The fourth-order valence-corrected chi connectivity index (χ4v) is 10.8. The summed E-state index contributed by atoms with van der Waals surface area (Å²) in [6.07, 6.45) is 16.1. The fraction of sp³-hybridized carbons (Fsp3) is 0.719. The van der Waals surface area contributed by atoms with Gasteiger partial charge in [0.2, 0.25) is 5.78 Å². The van der Waals surface area contributed by atoms with Gasteiger partial charge in [0.25, 0.3) is 0 Å². The molecule has 206 valence electrons. The van der Waals surface area contributed by atoms with Crippen molar-refractivity contribution in [2.75, 3.05) is 19.7 Å². The molecule has 3 N–H and O–H groups in total. The van der Waals surface area contributed by atoms with Crippen molar-refractivity contribution in [1.29, 1.82) is 0 Å². The number of carbonyl (C=O) groups excluding carboxylic acids is 1. The van der Waals surface area contributed by atoms with E-state index in [0.29, 0.717) is 25.1 Å². The van der Waals surface area contributed by atoms with Crippen molar-refractivity contribution in [3.05, 3.63) is 48.0 Å². The van der Waals surface area contributed by atoms with Crippen LogP contribution in [0.4, 0.5) is 0 Å². The molecule has 2 heterocycles. The lowest BCUT2D eigenvalue weighted by molar-refractivity contribution is -0.177. The Balaban J connectivity index is 1.35. The number of carbonyl (C=O) groups is 1. The zero-order chi connectivity index (χ0) is 26.6. The average molecular weight is 522 g/mol. The lowest BCUT2D eigenvalue weighted by Crippen LogP contribution is -2.67. The van der Waals surface area contributed by atoms with Gasteiger partial charge in [0.1, 0.15) is 0 Å². The minimum absolute atomic E-state index is 0.0348. The topological polar surface area (TPSA) is 94.1 Å². The summed E-state index contributed by atoms with van der Waals surface area (Å²) in [6, 6.07) is 3.67. The highest BCUT2D eigenvalue weighted by Gasteiger charge is 2.74. The summed E-state index contributed by atoms with van der Waals surface area (Å²) in [6.45, 7) is 6.35. The third kappa shape index (κ3) is 2.96. The number of likely N-dealkylation sites (tertiary alicyclic amines) is 1. The molecule has 2 spiro atoms. The number of rotatable bonds is 5. The fourth-order valence-electron chi connectivity index (χ4n) is 10.8. The van der Waals surface area contributed by atoms with Gasteiger partial charge in [-0.3, -0.25) is 9.69 Å². The quantitative estimate of drug-likeness (QED) is 0.390. The second kappa shape index (κ2) is 8.15. The number of allylic oxidation sites excluding steroid dienone is 4. The molecule has 1 aromatic rings. The van der Waals surface area contributed by atoms with E-state index in [1.165, 1.54) is 0 Å². The van der Waals surface area contributed by atoms with Gasteiger partial charge in [0.05, 0.1) is 24.6 Å². The Kier molecular flexibility index (Phi) is 5.42. The summed E-state index contributed by atoms with van der Waals surface area (Å²) in [5.41, 5.74) is -1.20. The molecule has 1 saturated heterocycles. The SMILES string of the molecule is C[C@]12CC[C@H]3[C@]4(C=C[C@@]5(C=C4C(=O)c4ccco4)CC(O)CC[C@]35C)[C@@H]1CC[C@@]2(O)CN1CCC[C@H]1CO. The molecule has 3 saturated carbocycles. The van der Waals surface area contributed by atoms with Crippen molar-refractivity contribution < 1.29 is 24.5 Å². The standard InChI is InChI=1S/C32H43NO5/c1-28-10-7-22(35)17-30(28)13-14-32(23(18-30)27(36)24-6-4-16-38-24)25(28)8-11-29(2)26(32)9-12-31(29,37)20-33-15-3-5-21(33)19-34/h4,6,13-14,16,18,21-22,25-26,34-35,37H,3,5,7-12,15,17,19-20H2,1-2H3/t21-,22?,25+,26+,28+,29-,30-,31+,32+/m0/s1. The predicted molar refractivity (Wildman–Crippen MR) is 143 cm³/mol. The molecule has 38 heavy (non-hydrogen) atoms. The minimum atomic E-state index is -0.864. The van der Waals surface area contributed by atoms with E-state index in [0.717, 1.165) is 57.1 Å².